The van der Waals surface area contributed by atoms with E-state index in [4.69, 9.17) is 11.6 Å². The number of hydrogen-bond donors (Lipinski definition) is 1. The zero-order chi connectivity index (χ0) is 13.9. The van der Waals surface area contributed by atoms with Crippen LogP contribution < -0.4 is 0 Å². The minimum Gasteiger partial charge on any atom is -0.353 e. The largest absolute Gasteiger partial charge is 0.353 e. The third kappa shape index (κ3) is 2.32. The number of nitrogens with one attached hydrogen (secondary N) is 1. The fourth-order valence-corrected chi connectivity index (χ4v) is 2.38. The number of aromatic amines is 1. The molecule has 2 nitrogen and oxygen atoms in total. The predicted molar refractivity (Wildman–Crippen MR) is 81.4 cm³/mol. The number of rotatable bonds is 2. The van der Waals surface area contributed by atoms with Crippen molar-refractivity contribution in [2.24, 2.45) is 0 Å². The van der Waals surface area contributed by atoms with Crippen molar-refractivity contribution >= 4 is 11.6 Å². The summed E-state index contributed by atoms with van der Waals surface area (Å²) in [6.45, 7) is 0. The van der Waals surface area contributed by atoms with Gasteiger partial charge in [0, 0.05) is 16.3 Å². The van der Waals surface area contributed by atoms with Crippen LogP contribution in [0.4, 0.5) is 0 Å². The zero-order valence-electron chi connectivity index (χ0n) is 10.6. The molecule has 3 rings (SSSR count). The maximum Gasteiger partial charge on any atom is 0.101 e. The van der Waals surface area contributed by atoms with Gasteiger partial charge in [0.15, 0.2) is 0 Å². The van der Waals surface area contributed by atoms with E-state index in [2.05, 4.69) is 11.1 Å². The molecule has 0 radical (unpaired) electrons. The Balaban J connectivity index is 2.13. The molecule has 0 saturated carbocycles. The van der Waals surface area contributed by atoms with Gasteiger partial charge in [-0.05, 0) is 23.8 Å². The summed E-state index contributed by atoms with van der Waals surface area (Å²) in [5.74, 6) is 0. The Kier molecular flexibility index (Phi) is 3.28. The Hall–Kier alpha value is -2.50. The van der Waals surface area contributed by atoms with Crippen LogP contribution in [0.15, 0.2) is 60.7 Å². The van der Waals surface area contributed by atoms with Crippen molar-refractivity contribution in [3.05, 3.63) is 71.2 Å². The Labute approximate surface area is 122 Å². The quantitative estimate of drug-likeness (QED) is 0.713. The fourth-order valence-electron chi connectivity index (χ4n) is 2.19. The highest BCUT2D eigenvalue weighted by Gasteiger charge is 2.11. The molecule has 1 heterocycles. The van der Waals surface area contributed by atoms with Crippen LogP contribution in [0.3, 0.4) is 0 Å². The van der Waals surface area contributed by atoms with E-state index >= 15 is 0 Å². The van der Waals surface area contributed by atoms with Crippen LogP contribution in [0.5, 0.6) is 0 Å². The standard InChI is InChI=1S/C17H11ClN2/c18-15-8-4-7-13(9-15)17-14(11-19)10-16(20-17)12-5-2-1-3-6-12/h1-10,20H. The molecule has 0 aliphatic carbocycles. The topological polar surface area (TPSA) is 39.6 Å². The molecule has 0 amide bonds. The molecule has 20 heavy (non-hydrogen) atoms. The first-order valence-corrected chi connectivity index (χ1v) is 6.60. The number of nitrogens with zero attached hydrogens (tertiary/aromatic N) is 1. The zero-order valence-corrected chi connectivity index (χ0v) is 11.4. The molecule has 0 atom stereocenters. The summed E-state index contributed by atoms with van der Waals surface area (Å²) in [5, 5.41) is 9.96. The van der Waals surface area contributed by atoms with Crippen LogP contribution >= 0.6 is 11.6 Å². The number of H-pyrrole nitrogens is 1. The van der Waals surface area contributed by atoms with E-state index in [0.29, 0.717) is 10.6 Å². The highest BCUT2D eigenvalue weighted by atomic mass is 35.5. The lowest BCUT2D eigenvalue weighted by Crippen LogP contribution is -1.82. The van der Waals surface area contributed by atoms with Crippen molar-refractivity contribution < 1.29 is 0 Å². The molecule has 0 aliphatic rings. The summed E-state index contributed by atoms with van der Waals surface area (Å²) in [4.78, 5) is 3.31. The van der Waals surface area contributed by atoms with Gasteiger partial charge in [-0.15, -0.1) is 0 Å². The molecule has 96 valence electrons. The van der Waals surface area contributed by atoms with E-state index in [1.54, 1.807) is 0 Å². The van der Waals surface area contributed by atoms with Gasteiger partial charge in [0.05, 0.1) is 11.3 Å². The number of nitriles is 1. The third-order valence-electron chi connectivity index (χ3n) is 3.14. The first kappa shape index (κ1) is 12.5. The van der Waals surface area contributed by atoms with E-state index in [0.717, 1.165) is 22.5 Å². The number of halogens is 1. The highest BCUT2D eigenvalue weighted by molar-refractivity contribution is 6.30. The molecule has 0 fully saturated rings. The van der Waals surface area contributed by atoms with E-state index in [9.17, 15) is 5.26 Å². The van der Waals surface area contributed by atoms with E-state index in [1.807, 2.05) is 60.7 Å². The molecule has 1 aromatic heterocycles. The lowest BCUT2D eigenvalue weighted by molar-refractivity contribution is 1.38. The SMILES string of the molecule is N#Cc1cc(-c2ccccc2)[nH]c1-c1cccc(Cl)c1. The predicted octanol–water partition coefficient (Wildman–Crippen LogP) is 4.87. The number of hydrogen-bond acceptors (Lipinski definition) is 1. The lowest BCUT2D eigenvalue weighted by atomic mass is 10.1. The Morgan fingerprint density at radius 2 is 1.65 bits per heavy atom. The van der Waals surface area contributed by atoms with Crippen molar-refractivity contribution in [2.75, 3.05) is 0 Å². The minimum atomic E-state index is 0.617. The summed E-state index contributed by atoms with van der Waals surface area (Å²) in [6, 6.07) is 21.5. The molecular formula is C17H11ClN2. The average Bonchev–Trinajstić information content (AvgIpc) is 2.92. The van der Waals surface area contributed by atoms with Gasteiger partial charge in [0.1, 0.15) is 6.07 Å². The van der Waals surface area contributed by atoms with Crippen molar-refractivity contribution in [1.29, 1.82) is 5.26 Å². The summed E-state index contributed by atoms with van der Waals surface area (Å²) < 4.78 is 0. The summed E-state index contributed by atoms with van der Waals surface area (Å²) in [7, 11) is 0. The van der Waals surface area contributed by atoms with Gasteiger partial charge in [0.2, 0.25) is 0 Å². The van der Waals surface area contributed by atoms with Crippen molar-refractivity contribution in [3.8, 4) is 28.6 Å². The molecule has 0 bridgehead atoms. The summed E-state index contributed by atoms with van der Waals surface area (Å²) in [5.41, 5.74) is 4.31. The van der Waals surface area contributed by atoms with Crippen molar-refractivity contribution in [2.45, 2.75) is 0 Å². The summed E-state index contributed by atoms with van der Waals surface area (Å²) >= 11 is 6.02. The van der Waals surface area contributed by atoms with Crippen LogP contribution in [0.1, 0.15) is 5.56 Å². The van der Waals surface area contributed by atoms with Gasteiger partial charge < -0.3 is 4.98 Å². The Morgan fingerprint density at radius 1 is 0.900 bits per heavy atom. The van der Waals surface area contributed by atoms with Crippen LogP contribution in [-0.4, -0.2) is 4.98 Å². The second kappa shape index (κ2) is 5.24. The van der Waals surface area contributed by atoms with Gasteiger partial charge in [-0.25, -0.2) is 0 Å². The third-order valence-corrected chi connectivity index (χ3v) is 3.37. The van der Waals surface area contributed by atoms with E-state index < -0.39 is 0 Å². The van der Waals surface area contributed by atoms with Gasteiger partial charge in [-0.2, -0.15) is 5.26 Å². The number of benzene rings is 2. The fraction of sp³-hybridized carbons (Fsp3) is 0. The van der Waals surface area contributed by atoms with Gasteiger partial charge in [0.25, 0.3) is 0 Å². The van der Waals surface area contributed by atoms with Gasteiger partial charge in [-0.1, -0.05) is 54.1 Å². The average molecular weight is 279 g/mol. The first-order valence-electron chi connectivity index (χ1n) is 6.22. The smallest absolute Gasteiger partial charge is 0.101 e. The first-order chi connectivity index (χ1) is 9.78. The molecule has 2 aromatic carbocycles. The minimum absolute atomic E-state index is 0.617. The monoisotopic (exact) mass is 278 g/mol. The van der Waals surface area contributed by atoms with Gasteiger partial charge >= 0.3 is 0 Å². The maximum atomic E-state index is 9.31. The van der Waals surface area contributed by atoms with Crippen molar-refractivity contribution in [1.82, 2.24) is 4.98 Å². The number of aromatic nitrogens is 1. The van der Waals surface area contributed by atoms with Crippen LogP contribution in [0, 0.1) is 11.3 Å². The van der Waals surface area contributed by atoms with E-state index in [1.165, 1.54) is 0 Å². The molecule has 3 heteroatoms. The van der Waals surface area contributed by atoms with Gasteiger partial charge in [-0.3, -0.25) is 0 Å². The van der Waals surface area contributed by atoms with E-state index in [-0.39, 0.29) is 0 Å². The molecular weight excluding hydrogens is 268 g/mol. The molecule has 3 aromatic rings. The molecule has 0 saturated heterocycles. The van der Waals surface area contributed by atoms with Crippen LogP contribution in [0.2, 0.25) is 5.02 Å². The molecule has 0 aliphatic heterocycles. The highest BCUT2D eigenvalue weighted by Crippen LogP contribution is 2.29. The second-order valence-electron chi connectivity index (χ2n) is 4.46. The Bertz CT molecular complexity index is 782. The second-order valence-corrected chi connectivity index (χ2v) is 4.90. The van der Waals surface area contributed by atoms with Crippen LogP contribution in [-0.2, 0) is 0 Å². The molecule has 0 unspecified atom stereocenters. The summed E-state index contributed by atoms with van der Waals surface area (Å²) in [6.07, 6.45) is 0. The molecule has 1 N–H and O–H groups in total. The van der Waals surface area contributed by atoms with Crippen LogP contribution in [0.25, 0.3) is 22.5 Å². The Morgan fingerprint density at radius 3 is 2.35 bits per heavy atom. The normalized spacial score (nSPS) is 10.2. The van der Waals surface area contributed by atoms with Crippen molar-refractivity contribution in [3.63, 3.8) is 0 Å². The maximum absolute atomic E-state index is 9.31. The lowest BCUT2D eigenvalue weighted by Gasteiger charge is -2.00. The molecule has 0 spiro atoms.